The fourth-order valence-corrected chi connectivity index (χ4v) is 1.01. The van der Waals surface area contributed by atoms with Gasteiger partial charge in [-0.05, 0) is 17.7 Å². The number of nitrogens with zero attached hydrogens (tertiary/aromatic N) is 2. The minimum atomic E-state index is -1.14. The summed E-state index contributed by atoms with van der Waals surface area (Å²) in [5, 5.41) is 27.6. The maximum absolute atomic E-state index is 13.0. The van der Waals surface area contributed by atoms with Crippen LogP contribution in [-0.4, -0.2) is 10.0 Å². The normalized spacial score (nSPS) is 9.43. The molecule has 72 valence electrons. The molecule has 0 unspecified atom stereocenters. The predicted molar refractivity (Wildman–Crippen MR) is 44.0 cm³/mol. The standard InChI is InChI=1S/C8H5FN2O3/c9-6-3-5(1-2-10)4-7(12)8(6)11(13)14/h3-4,12H,1H2. The highest BCUT2D eigenvalue weighted by Gasteiger charge is 2.20. The molecule has 1 rings (SSSR count). The van der Waals surface area contributed by atoms with E-state index in [1.165, 1.54) is 0 Å². The van der Waals surface area contributed by atoms with Crippen LogP contribution in [0.1, 0.15) is 5.56 Å². The van der Waals surface area contributed by atoms with Crippen LogP contribution < -0.4 is 0 Å². The van der Waals surface area contributed by atoms with Gasteiger partial charge in [0.25, 0.3) is 0 Å². The lowest BCUT2D eigenvalue weighted by Gasteiger charge is -1.99. The summed E-state index contributed by atoms with van der Waals surface area (Å²) in [5.74, 6) is -1.90. The molecule has 1 aromatic carbocycles. The van der Waals surface area contributed by atoms with Crippen LogP contribution in [-0.2, 0) is 6.42 Å². The monoisotopic (exact) mass is 196 g/mol. The Morgan fingerprint density at radius 1 is 1.64 bits per heavy atom. The number of aromatic hydroxyl groups is 1. The largest absolute Gasteiger partial charge is 0.502 e. The summed E-state index contributed by atoms with van der Waals surface area (Å²) in [4.78, 5) is 9.24. The Labute approximate surface area is 78.2 Å². The molecule has 0 fully saturated rings. The van der Waals surface area contributed by atoms with E-state index in [1.807, 2.05) is 0 Å². The van der Waals surface area contributed by atoms with E-state index in [2.05, 4.69) is 0 Å². The number of rotatable bonds is 2. The zero-order chi connectivity index (χ0) is 10.7. The van der Waals surface area contributed by atoms with Gasteiger partial charge >= 0.3 is 5.69 Å². The average molecular weight is 196 g/mol. The minimum Gasteiger partial charge on any atom is -0.502 e. The van der Waals surface area contributed by atoms with Crippen LogP contribution in [0.2, 0.25) is 0 Å². The molecule has 0 saturated carbocycles. The molecule has 0 aliphatic heterocycles. The number of phenolic OH excluding ortho intramolecular Hbond substituents is 1. The molecule has 0 atom stereocenters. The molecule has 1 aromatic rings. The first-order chi connectivity index (χ1) is 6.56. The van der Waals surface area contributed by atoms with Crippen molar-refractivity contribution >= 4 is 5.69 Å². The van der Waals surface area contributed by atoms with E-state index in [9.17, 15) is 14.5 Å². The van der Waals surface area contributed by atoms with Gasteiger partial charge in [0, 0.05) is 0 Å². The van der Waals surface area contributed by atoms with Crippen LogP contribution in [0.3, 0.4) is 0 Å². The number of hydrogen-bond acceptors (Lipinski definition) is 4. The molecule has 1 N–H and O–H groups in total. The summed E-state index contributed by atoms with van der Waals surface area (Å²) >= 11 is 0. The zero-order valence-corrected chi connectivity index (χ0v) is 6.90. The minimum absolute atomic E-state index is 0.109. The third-order valence-corrected chi connectivity index (χ3v) is 1.57. The van der Waals surface area contributed by atoms with Gasteiger partial charge < -0.3 is 5.11 Å². The third-order valence-electron chi connectivity index (χ3n) is 1.57. The van der Waals surface area contributed by atoms with Gasteiger partial charge in [-0.3, -0.25) is 10.1 Å². The highest BCUT2D eigenvalue weighted by Crippen LogP contribution is 2.29. The number of nitro groups is 1. The van der Waals surface area contributed by atoms with Gasteiger partial charge in [-0.15, -0.1) is 0 Å². The molecule has 0 spiro atoms. The molecule has 0 aliphatic rings. The maximum atomic E-state index is 13.0. The van der Waals surface area contributed by atoms with Crippen LogP contribution in [0.25, 0.3) is 0 Å². The summed E-state index contributed by atoms with van der Waals surface area (Å²) in [6, 6.07) is 3.61. The van der Waals surface area contributed by atoms with Gasteiger partial charge in [0.2, 0.25) is 5.82 Å². The van der Waals surface area contributed by atoms with Crippen molar-refractivity contribution in [2.45, 2.75) is 6.42 Å². The second-order valence-corrected chi connectivity index (χ2v) is 2.54. The van der Waals surface area contributed by atoms with Crippen molar-refractivity contribution in [3.05, 3.63) is 33.6 Å². The summed E-state index contributed by atoms with van der Waals surface area (Å²) in [6.07, 6.45) is -0.109. The van der Waals surface area contributed by atoms with Crippen molar-refractivity contribution in [1.29, 1.82) is 5.26 Å². The Bertz CT molecular complexity index is 402. The quantitative estimate of drug-likeness (QED) is 0.573. The number of halogens is 1. The Hall–Kier alpha value is -2.16. The Morgan fingerprint density at radius 2 is 2.29 bits per heavy atom. The second-order valence-electron chi connectivity index (χ2n) is 2.54. The van der Waals surface area contributed by atoms with E-state index in [1.54, 1.807) is 6.07 Å². The van der Waals surface area contributed by atoms with E-state index in [-0.39, 0.29) is 12.0 Å². The molecule has 0 radical (unpaired) electrons. The average Bonchev–Trinajstić information content (AvgIpc) is 2.01. The number of phenols is 1. The SMILES string of the molecule is N#CCc1cc(O)c([N+](=O)[O-])c(F)c1. The van der Waals surface area contributed by atoms with Crippen LogP contribution >= 0.6 is 0 Å². The van der Waals surface area contributed by atoms with E-state index in [0.29, 0.717) is 0 Å². The Morgan fingerprint density at radius 3 is 2.71 bits per heavy atom. The first kappa shape index (κ1) is 9.92. The molecule has 0 bridgehead atoms. The molecule has 14 heavy (non-hydrogen) atoms. The molecule has 0 saturated heterocycles. The molecule has 6 heteroatoms. The fraction of sp³-hybridized carbons (Fsp3) is 0.125. The highest BCUT2D eigenvalue weighted by molar-refractivity contribution is 5.49. The number of nitriles is 1. The van der Waals surface area contributed by atoms with Gasteiger partial charge in [0.15, 0.2) is 5.75 Å². The van der Waals surface area contributed by atoms with Crippen molar-refractivity contribution in [1.82, 2.24) is 0 Å². The van der Waals surface area contributed by atoms with Crippen molar-refractivity contribution < 1.29 is 14.4 Å². The third kappa shape index (κ3) is 1.77. The molecular weight excluding hydrogens is 191 g/mol. The first-order valence-corrected chi connectivity index (χ1v) is 3.59. The van der Waals surface area contributed by atoms with Crippen molar-refractivity contribution in [2.24, 2.45) is 0 Å². The van der Waals surface area contributed by atoms with E-state index in [0.717, 1.165) is 12.1 Å². The van der Waals surface area contributed by atoms with E-state index >= 15 is 0 Å². The fourth-order valence-electron chi connectivity index (χ4n) is 1.01. The van der Waals surface area contributed by atoms with Crippen molar-refractivity contribution in [3.63, 3.8) is 0 Å². The Balaban J connectivity index is 3.26. The van der Waals surface area contributed by atoms with Gasteiger partial charge in [-0.2, -0.15) is 9.65 Å². The lowest BCUT2D eigenvalue weighted by molar-refractivity contribution is -0.388. The predicted octanol–water partition coefficient (Wildman–Crippen LogP) is 1.51. The topological polar surface area (TPSA) is 87.2 Å². The molecule has 5 nitrogen and oxygen atoms in total. The molecular formula is C8H5FN2O3. The lowest BCUT2D eigenvalue weighted by Crippen LogP contribution is -1.95. The van der Waals surface area contributed by atoms with E-state index in [4.69, 9.17) is 10.4 Å². The second kappa shape index (κ2) is 3.70. The first-order valence-electron chi connectivity index (χ1n) is 3.59. The molecule has 0 heterocycles. The maximum Gasteiger partial charge on any atom is 0.345 e. The molecule has 0 aromatic heterocycles. The summed E-state index contributed by atoms with van der Waals surface area (Å²) in [6.45, 7) is 0. The van der Waals surface area contributed by atoms with Crippen LogP contribution in [0, 0.1) is 27.3 Å². The van der Waals surface area contributed by atoms with Gasteiger partial charge in [0.05, 0.1) is 17.4 Å². The number of benzene rings is 1. The summed E-state index contributed by atoms with van der Waals surface area (Å²) in [7, 11) is 0. The van der Waals surface area contributed by atoms with Gasteiger partial charge in [-0.1, -0.05) is 0 Å². The van der Waals surface area contributed by atoms with Gasteiger partial charge in [0.1, 0.15) is 0 Å². The highest BCUT2D eigenvalue weighted by atomic mass is 19.1. The lowest BCUT2D eigenvalue weighted by atomic mass is 10.1. The van der Waals surface area contributed by atoms with Crippen LogP contribution in [0.5, 0.6) is 5.75 Å². The van der Waals surface area contributed by atoms with Crippen LogP contribution in [0.4, 0.5) is 10.1 Å². The summed E-state index contributed by atoms with van der Waals surface area (Å²) < 4.78 is 13.0. The van der Waals surface area contributed by atoms with Crippen molar-refractivity contribution in [3.8, 4) is 11.8 Å². The zero-order valence-electron chi connectivity index (χ0n) is 6.90. The molecule has 0 amide bonds. The van der Waals surface area contributed by atoms with E-state index < -0.39 is 22.2 Å². The van der Waals surface area contributed by atoms with Crippen molar-refractivity contribution in [2.75, 3.05) is 0 Å². The number of hydrogen-bond donors (Lipinski definition) is 1. The number of nitro benzene ring substituents is 1. The van der Waals surface area contributed by atoms with Gasteiger partial charge in [-0.25, -0.2) is 0 Å². The smallest absolute Gasteiger partial charge is 0.345 e. The Kier molecular flexibility index (Phi) is 2.62. The van der Waals surface area contributed by atoms with Crippen LogP contribution in [0.15, 0.2) is 12.1 Å². The molecule has 0 aliphatic carbocycles. The summed E-state index contributed by atoms with van der Waals surface area (Å²) in [5.41, 5.74) is -0.764.